The summed E-state index contributed by atoms with van der Waals surface area (Å²) >= 11 is 0. The number of rotatable bonds is 17. The third-order valence-electron chi connectivity index (χ3n) is 12.0. The molecule has 0 aliphatic carbocycles. The van der Waals surface area contributed by atoms with E-state index in [0.717, 1.165) is 22.9 Å². The Hall–Kier alpha value is -7.38. The minimum atomic E-state index is -1.28. The molecule has 4 aromatic rings. The average Bonchev–Trinajstić information content (AvgIpc) is 3.99. The first kappa shape index (κ1) is 51.6. The number of nitrogens with zero attached hydrogens (tertiary/aromatic N) is 2. The van der Waals surface area contributed by atoms with Crippen molar-refractivity contribution in [3.8, 4) is 0 Å². The van der Waals surface area contributed by atoms with E-state index in [-0.39, 0.29) is 89.7 Å². The van der Waals surface area contributed by atoms with Crippen molar-refractivity contribution in [2.24, 2.45) is 34.0 Å². The highest BCUT2D eigenvalue weighted by Gasteiger charge is 2.35. The maximum Gasteiger partial charge on any atom is 0.243 e. The van der Waals surface area contributed by atoms with Crippen molar-refractivity contribution in [2.45, 2.75) is 115 Å². The van der Waals surface area contributed by atoms with E-state index >= 15 is 0 Å². The molecule has 3 heterocycles. The molecule has 6 amide bonds. The largest absolute Gasteiger partial charge is 0.370 e. The van der Waals surface area contributed by atoms with Crippen LogP contribution in [0.3, 0.4) is 0 Å². The number of imidazole rings is 1. The van der Waals surface area contributed by atoms with Crippen LogP contribution < -0.4 is 43.8 Å². The standard InChI is InChI=1S/C48H64N12O8/c1-2-3-15-43(64)57-36-16-17-42(63)53-20-18-31(45(66)59-38(44(49)65)22-32-26-55-35-14-8-7-13-34(32)35)24-40(61)30(12-9-19-54-48(50)51)23-41(62)37(21-29-10-5-4-6-11-29)58-47(68)39(60-46(36)67)25-33-27-52-28-56-33/h4-8,10-11,13-14,26-28,30-31,36-39,55H,2-3,9,12,15-25H2,1H3,(H2,49,65)(H,52,56)(H,53,63)(H,57,64)(H,58,68)(H,59,66)(H,60,67)(H4,50,51,54)/t30-,31-,36+,37-,38+,39+/m1/s1. The summed E-state index contributed by atoms with van der Waals surface area (Å²) in [6.07, 6.45) is 5.27. The predicted molar refractivity (Wildman–Crippen MR) is 254 cm³/mol. The number of amides is 6. The summed E-state index contributed by atoms with van der Waals surface area (Å²) in [6, 6.07) is 11.5. The van der Waals surface area contributed by atoms with Crippen molar-refractivity contribution in [1.29, 1.82) is 0 Å². The zero-order valence-electron chi connectivity index (χ0n) is 38.4. The molecule has 6 atom stereocenters. The number of primary amides is 1. The van der Waals surface area contributed by atoms with Crippen molar-refractivity contribution < 1.29 is 38.4 Å². The molecule has 5 rings (SSSR count). The van der Waals surface area contributed by atoms with Gasteiger partial charge in [-0.1, -0.05) is 61.9 Å². The van der Waals surface area contributed by atoms with E-state index in [1.807, 2.05) is 31.2 Å². The Bertz CT molecular complexity index is 2380. The number of carbonyl (C=O) groups excluding carboxylic acids is 8. The number of fused-ring (bicyclic) bond motifs is 1. The Morgan fingerprint density at radius 1 is 0.853 bits per heavy atom. The first-order valence-electron chi connectivity index (χ1n) is 23.1. The Kier molecular flexibility index (Phi) is 19.8. The highest BCUT2D eigenvalue weighted by Crippen LogP contribution is 2.24. The molecule has 1 aliphatic heterocycles. The number of aromatic nitrogens is 3. The predicted octanol–water partition coefficient (Wildman–Crippen LogP) is 1.04. The van der Waals surface area contributed by atoms with Gasteiger partial charge in [0, 0.05) is 92.4 Å². The number of hydrogen-bond acceptors (Lipinski definition) is 10. The maximum absolute atomic E-state index is 14.6. The number of hydrogen-bond donors (Lipinski definition) is 10. The maximum atomic E-state index is 14.6. The van der Waals surface area contributed by atoms with Crippen LogP contribution >= 0.6 is 0 Å². The lowest BCUT2D eigenvalue weighted by Crippen LogP contribution is -2.57. The summed E-state index contributed by atoms with van der Waals surface area (Å²) in [4.78, 5) is 125. The van der Waals surface area contributed by atoms with E-state index < -0.39 is 83.0 Å². The van der Waals surface area contributed by atoms with Gasteiger partial charge in [-0.2, -0.15) is 0 Å². The molecule has 2 aromatic carbocycles. The fourth-order valence-electron chi connectivity index (χ4n) is 8.16. The van der Waals surface area contributed by atoms with Crippen molar-refractivity contribution in [1.82, 2.24) is 41.5 Å². The molecule has 1 aliphatic rings. The van der Waals surface area contributed by atoms with Gasteiger partial charge < -0.3 is 53.8 Å². The molecule has 0 saturated carbocycles. The van der Waals surface area contributed by atoms with Crippen LogP contribution in [-0.4, -0.2) is 105 Å². The van der Waals surface area contributed by atoms with Crippen LogP contribution in [0.5, 0.6) is 0 Å². The molecule has 0 bridgehead atoms. The molecule has 68 heavy (non-hydrogen) atoms. The summed E-state index contributed by atoms with van der Waals surface area (Å²) in [5, 5.41) is 14.6. The van der Waals surface area contributed by atoms with E-state index in [2.05, 4.69) is 46.5 Å². The number of Topliss-reactive ketones (excluding diaryl/α,β-unsaturated/α-hetero) is 2. The van der Waals surface area contributed by atoms with Crippen molar-refractivity contribution in [3.05, 3.63) is 90.1 Å². The van der Waals surface area contributed by atoms with E-state index in [4.69, 9.17) is 17.2 Å². The van der Waals surface area contributed by atoms with Gasteiger partial charge in [0.05, 0.1) is 12.4 Å². The van der Waals surface area contributed by atoms with Gasteiger partial charge in [-0.3, -0.25) is 43.3 Å². The number of carbonyl (C=O) groups is 8. The highest BCUT2D eigenvalue weighted by molar-refractivity contribution is 5.97. The molecule has 13 N–H and O–H groups in total. The summed E-state index contributed by atoms with van der Waals surface area (Å²) in [5.41, 5.74) is 19.7. The smallest absolute Gasteiger partial charge is 0.243 e. The summed E-state index contributed by atoms with van der Waals surface area (Å²) in [7, 11) is 0. The topological polar surface area (TPSA) is 332 Å². The Morgan fingerprint density at radius 3 is 2.32 bits per heavy atom. The Balaban J connectivity index is 1.49. The van der Waals surface area contributed by atoms with E-state index in [0.29, 0.717) is 17.7 Å². The van der Waals surface area contributed by atoms with Crippen LogP contribution in [-0.2, 0) is 57.6 Å². The number of aromatic amines is 2. The first-order chi connectivity index (χ1) is 32.7. The third kappa shape index (κ3) is 16.2. The minimum Gasteiger partial charge on any atom is -0.370 e. The quantitative estimate of drug-likeness (QED) is 0.0405. The van der Waals surface area contributed by atoms with E-state index in [1.165, 1.54) is 12.5 Å². The molecule has 1 saturated heterocycles. The zero-order chi connectivity index (χ0) is 49.0. The Labute approximate surface area is 394 Å². The normalized spacial score (nSPS) is 20.7. The molecular formula is C48H64N12O8. The van der Waals surface area contributed by atoms with Gasteiger partial charge in [0.25, 0.3) is 0 Å². The van der Waals surface area contributed by atoms with Gasteiger partial charge in [0.2, 0.25) is 35.4 Å². The second kappa shape index (κ2) is 26.1. The number of para-hydroxylation sites is 1. The van der Waals surface area contributed by atoms with Crippen molar-refractivity contribution in [2.75, 3.05) is 13.1 Å². The molecule has 20 heteroatoms. The molecule has 364 valence electrons. The monoisotopic (exact) mass is 936 g/mol. The highest BCUT2D eigenvalue weighted by atomic mass is 16.2. The van der Waals surface area contributed by atoms with Gasteiger partial charge in [-0.25, -0.2) is 4.98 Å². The van der Waals surface area contributed by atoms with Gasteiger partial charge in [-0.15, -0.1) is 0 Å². The zero-order valence-corrected chi connectivity index (χ0v) is 38.4. The van der Waals surface area contributed by atoms with Gasteiger partial charge in [0.15, 0.2) is 11.7 Å². The van der Waals surface area contributed by atoms with Gasteiger partial charge in [0.1, 0.15) is 23.9 Å². The lowest BCUT2D eigenvalue weighted by Gasteiger charge is -2.26. The number of aliphatic imine (C=N–C) groups is 1. The Morgan fingerprint density at radius 2 is 1.60 bits per heavy atom. The number of benzene rings is 2. The number of ketones is 2. The molecule has 0 spiro atoms. The average molecular weight is 937 g/mol. The molecule has 20 nitrogen and oxygen atoms in total. The van der Waals surface area contributed by atoms with Crippen molar-refractivity contribution >= 4 is 63.9 Å². The first-order valence-corrected chi connectivity index (χ1v) is 23.1. The van der Waals surface area contributed by atoms with Crippen LogP contribution in [0.4, 0.5) is 0 Å². The molecule has 0 unspecified atom stereocenters. The summed E-state index contributed by atoms with van der Waals surface area (Å²) in [5.74, 6) is -7.04. The van der Waals surface area contributed by atoms with Gasteiger partial charge >= 0.3 is 0 Å². The second-order valence-electron chi connectivity index (χ2n) is 17.2. The van der Waals surface area contributed by atoms with Crippen molar-refractivity contribution in [3.63, 3.8) is 0 Å². The van der Waals surface area contributed by atoms with Crippen LogP contribution in [0.2, 0.25) is 0 Å². The second-order valence-corrected chi connectivity index (χ2v) is 17.2. The molecule has 0 radical (unpaired) electrons. The van der Waals surface area contributed by atoms with E-state index in [1.54, 1.807) is 36.5 Å². The minimum absolute atomic E-state index is 0.0326. The van der Waals surface area contributed by atoms with Crippen LogP contribution in [0.25, 0.3) is 10.9 Å². The number of H-pyrrole nitrogens is 2. The molecular weight excluding hydrogens is 873 g/mol. The summed E-state index contributed by atoms with van der Waals surface area (Å²) < 4.78 is 0. The number of nitrogens with one attached hydrogen (secondary N) is 7. The summed E-state index contributed by atoms with van der Waals surface area (Å²) in [6.45, 7) is 1.97. The van der Waals surface area contributed by atoms with Crippen LogP contribution in [0, 0.1) is 11.8 Å². The number of unbranched alkanes of at least 4 members (excludes halogenated alkanes) is 1. The molecule has 2 aromatic heterocycles. The van der Waals surface area contributed by atoms with Gasteiger partial charge in [-0.05, 0) is 55.7 Å². The molecule has 1 fully saturated rings. The lowest BCUT2D eigenvalue weighted by molar-refractivity contribution is -0.135. The third-order valence-corrected chi connectivity index (χ3v) is 12.0. The van der Waals surface area contributed by atoms with Crippen LogP contribution in [0.15, 0.2) is 78.3 Å². The fraction of sp³-hybridized carbons (Fsp3) is 0.458. The lowest BCUT2D eigenvalue weighted by atomic mass is 9.84. The van der Waals surface area contributed by atoms with E-state index in [9.17, 15) is 38.4 Å². The SMILES string of the molecule is CCCCC(=O)N[C@H]1CCC(=O)NCC[C@@H](C(=O)N[C@@H](Cc2c[nH]c3ccccc23)C(N)=O)CC(=O)[C@H](CCCN=C(N)N)CC(=O)[C@@H](Cc2ccccc2)NC(=O)[C@H](Cc2cnc[nH]2)NC1=O. The van der Waals surface area contributed by atoms with Crippen LogP contribution in [0.1, 0.15) is 88.0 Å². The fourth-order valence-corrected chi connectivity index (χ4v) is 8.16. The number of guanidine groups is 1. The number of nitrogens with two attached hydrogens (primary N) is 3.